The summed E-state index contributed by atoms with van der Waals surface area (Å²) in [5.74, 6) is 0.304. The van der Waals surface area contributed by atoms with Gasteiger partial charge in [0.15, 0.2) is 0 Å². The van der Waals surface area contributed by atoms with Gasteiger partial charge in [-0.15, -0.1) is 0 Å². The van der Waals surface area contributed by atoms with Gasteiger partial charge in [0.25, 0.3) is 0 Å². The quantitative estimate of drug-likeness (QED) is 0.794. The molecule has 1 fully saturated rings. The zero-order valence-electron chi connectivity index (χ0n) is 15.8. The van der Waals surface area contributed by atoms with E-state index < -0.39 is 0 Å². The normalized spacial score (nSPS) is 15.7. The average Bonchev–Trinajstić information content (AvgIpc) is 2.82. The van der Waals surface area contributed by atoms with E-state index >= 15 is 0 Å². The van der Waals surface area contributed by atoms with Crippen LogP contribution in [0, 0.1) is 6.92 Å². The maximum Gasteiger partial charge on any atom is 0.237 e. The first-order chi connectivity index (χ1) is 12.0. The lowest BCUT2D eigenvalue weighted by atomic mass is 10.1. The van der Waals surface area contributed by atoms with E-state index in [1.165, 1.54) is 11.1 Å². The molecule has 1 aliphatic rings. The van der Waals surface area contributed by atoms with Gasteiger partial charge in [0.2, 0.25) is 11.8 Å². The average molecular weight is 345 g/mol. The first-order valence-corrected chi connectivity index (χ1v) is 9.30. The summed E-state index contributed by atoms with van der Waals surface area (Å²) in [7, 11) is 0. The molecule has 0 radical (unpaired) electrons. The predicted octanol–water partition coefficient (Wildman–Crippen LogP) is 2.29. The zero-order chi connectivity index (χ0) is 18.2. The highest BCUT2D eigenvalue weighted by atomic mass is 16.2. The minimum Gasteiger partial charge on any atom is -0.342 e. The molecule has 0 spiro atoms. The number of carbonyl (C=O) groups is 2. The molecule has 1 saturated heterocycles. The molecule has 5 heteroatoms. The van der Waals surface area contributed by atoms with Gasteiger partial charge < -0.3 is 9.80 Å². The molecule has 0 unspecified atom stereocenters. The van der Waals surface area contributed by atoms with Gasteiger partial charge in [0, 0.05) is 46.2 Å². The maximum atomic E-state index is 12.8. The van der Waals surface area contributed by atoms with Crippen molar-refractivity contribution in [1.29, 1.82) is 0 Å². The van der Waals surface area contributed by atoms with Gasteiger partial charge in [-0.05, 0) is 25.3 Å². The predicted molar refractivity (Wildman–Crippen MR) is 100 cm³/mol. The number of nitrogens with zero attached hydrogens (tertiary/aromatic N) is 3. The minimum absolute atomic E-state index is 0.125. The molecule has 1 aliphatic heterocycles. The molecule has 25 heavy (non-hydrogen) atoms. The van der Waals surface area contributed by atoms with Gasteiger partial charge in [-0.3, -0.25) is 14.5 Å². The molecular formula is C20H31N3O2. The van der Waals surface area contributed by atoms with Crippen LogP contribution in [-0.4, -0.2) is 65.8 Å². The van der Waals surface area contributed by atoms with Crippen LogP contribution in [0.4, 0.5) is 0 Å². The Bertz CT molecular complexity index is 571. The molecular weight excluding hydrogens is 314 g/mol. The van der Waals surface area contributed by atoms with E-state index in [-0.39, 0.29) is 11.8 Å². The Labute approximate surface area is 151 Å². The molecule has 1 heterocycles. The standard InChI is InChI=1S/C20H31N3O2/c1-4-10-23(15-19-8-6-17(2)7-9-19)20(25)16-21-11-5-12-22(14-13-21)18(3)24/h6-9H,4-5,10-16H2,1-3H3. The summed E-state index contributed by atoms with van der Waals surface area (Å²) in [5.41, 5.74) is 2.41. The second-order valence-corrected chi connectivity index (χ2v) is 6.94. The molecule has 138 valence electrons. The van der Waals surface area contributed by atoms with E-state index in [2.05, 4.69) is 43.0 Å². The fourth-order valence-electron chi connectivity index (χ4n) is 3.21. The highest BCUT2D eigenvalue weighted by Gasteiger charge is 2.21. The highest BCUT2D eigenvalue weighted by molar-refractivity contribution is 5.78. The molecule has 1 aromatic rings. The second kappa shape index (κ2) is 9.56. The Morgan fingerprint density at radius 3 is 2.44 bits per heavy atom. The van der Waals surface area contributed by atoms with E-state index in [4.69, 9.17) is 0 Å². The van der Waals surface area contributed by atoms with Gasteiger partial charge in [-0.1, -0.05) is 36.8 Å². The SMILES string of the molecule is CCCN(Cc1ccc(C)cc1)C(=O)CN1CCCN(C(C)=O)CC1. The van der Waals surface area contributed by atoms with E-state index in [0.29, 0.717) is 19.6 Å². The summed E-state index contributed by atoms with van der Waals surface area (Å²) in [4.78, 5) is 30.4. The van der Waals surface area contributed by atoms with Crippen LogP contribution in [0.3, 0.4) is 0 Å². The number of benzene rings is 1. The van der Waals surface area contributed by atoms with Crippen molar-refractivity contribution in [1.82, 2.24) is 14.7 Å². The lowest BCUT2D eigenvalue weighted by Gasteiger charge is -2.27. The molecule has 0 N–H and O–H groups in total. The Morgan fingerprint density at radius 2 is 1.80 bits per heavy atom. The Hall–Kier alpha value is -1.88. The van der Waals surface area contributed by atoms with Crippen molar-refractivity contribution >= 4 is 11.8 Å². The zero-order valence-corrected chi connectivity index (χ0v) is 15.8. The maximum absolute atomic E-state index is 12.8. The summed E-state index contributed by atoms with van der Waals surface area (Å²) in [6.07, 6.45) is 1.88. The lowest BCUT2D eigenvalue weighted by Crippen LogP contribution is -2.42. The van der Waals surface area contributed by atoms with Crippen molar-refractivity contribution in [3.8, 4) is 0 Å². The second-order valence-electron chi connectivity index (χ2n) is 6.94. The molecule has 1 aromatic carbocycles. The lowest BCUT2D eigenvalue weighted by molar-refractivity contribution is -0.133. The summed E-state index contributed by atoms with van der Waals surface area (Å²) in [6, 6.07) is 8.38. The van der Waals surface area contributed by atoms with Crippen LogP contribution >= 0.6 is 0 Å². The molecule has 0 atom stereocenters. The van der Waals surface area contributed by atoms with Gasteiger partial charge in [-0.2, -0.15) is 0 Å². The first kappa shape index (κ1) is 19.4. The van der Waals surface area contributed by atoms with Crippen LogP contribution in [0.15, 0.2) is 24.3 Å². The van der Waals surface area contributed by atoms with E-state index in [1.807, 2.05) is 9.80 Å². The third kappa shape index (κ3) is 6.16. The Balaban J connectivity index is 1.93. The molecule has 2 rings (SSSR count). The third-order valence-corrected chi connectivity index (χ3v) is 4.73. The highest BCUT2D eigenvalue weighted by Crippen LogP contribution is 2.10. The van der Waals surface area contributed by atoms with Gasteiger partial charge in [0.1, 0.15) is 0 Å². The van der Waals surface area contributed by atoms with Crippen molar-refractivity contribution < 1.29 is 9.59 Å². The van der Waals surface area contributed by atoms with Crippen LogP contribution in [-0.2, 0) is 16.1 Å². The number of rotatable bonds is 6. The van der Waals surface area contributed by atoms with Crippen LogP contribution in [0.25, 0.3) is 0 Å². The largest absolute Gasteiger partial charge is 0.342 e. The van der Waals surface area contributed by atoms with Crippen molar-refractivity contribution in [2.24, 2.45) is 0 Å². The smallest absolute Gasteiger partial charge is 0.237 e. The topological polar surface area (TPSA) is 43.9 Å². The summed E-state index contributed by atoms with van der Waals surface area (Å²) in [6.45, 7) is 10.8. The minimum atomic E-state index is 0.125. The van der Waals surface area contributed by atoms with Crippen LogP contribution in [0.2, 0.25) is 0 Å². The van der Waals surface area contributed by atoms with Crippen LogP contribution in [0.5, 0.6) is 0 Å². The van der Waals surface area contributed by atoms with Gasteiger partial charge in [-0.25, -0.2) is 0 Å². The molecule has 0 bridgehead atoms. The molecule has 5 nitrogen and oxygen atoms in total. The monoisotopic (exact) mass is 345 g/mol. The third-order valence-electron chi connectivity index (χ3n) is 4.73. The molecule has 0 saturated carbocycles. The van der Waals surface area contributed by atoms with Gasteiger partial charge in [0.05, 0.1) is 6.54 Å². The molecule has 0 aromatic heterocycles. The number of aryl methyl sites for hydroxylation is 1. The Kier molecular flexibility index (Phi) is 7.44. The van der Waals surface area contributed by atoms with Crippen LogP contribution in [0.1, 0.15) is 37.8 Å². The summed E-state index contributed by atoms with van der Waals surface area (Å²) < 4.78 is 0. The Morgan fingerprint density at radius 1 is 1.08 bits per heavy atom. The fraction of sp³-hybridized carbons (Fsp3) is 0.600. The van der Waals surface area contributed by atoms with Crippen LogP contribution < -0.4 is 0 Å². The summed E-state index contributed by atoms with van der Waals surface area (Å²) >= 11 is 0. The number of hydrogen-bond acceptors (Lipinski definition) is 3. The van der Waals surface area contributed by atoms with Crippen molar-refractivity contribution in [3.05, 3.63) is 35.4 Å². The van der Waals surface area contributed by atoms with Crippen molar-refractivity contribution in [2.75, 3.05) is 39.3 Å². The first-order valence-electron chi connectivity index (χ1n) is 9.30. The number of hydrogen-bond donors (Lipinski definition) is 0. The fourth-order valence-corrected chi connectivity index (χ4v) is 3.21. The van der Waals surface area contributed by atoms with Crippen molar-refractivity contribution in [2.45, 2.75) is 40.2 Å². The van der Waals surface area contributed by atoms with Crippen molar-refractivity contribution in [3.63, 3.8) is 0 Å². The van der Waals surface area contributed by atoms with E-state index in [0.717, 1.165) is 39.0 Å². The summed E-state index contributed by atoms with van der Waals surface area (Å²) in [5, 5.41) is 0. The van der Waals surface area contributed by atoms with E-state index in [9.17, 15) is 9.59 Å². The van der Waals surface area contributed by atoms with E-state index in [1.54, 1.807) is 6.92 Å². The van der Waals surface area contributed by atoms with Gasteiger partial charge >= 0.3 is 0 Å². The number of carbonyl (C=O) groups excluding carboxylic acids is 2. The molecule has 2 amide bonds. The number of amides is 2. The molecule has 0 aliphatic carbocycles.